The molecule has 0 heterocycles. The van der Waals surface area contributed by atoms with Crippen LogP contribution in [-0.2, 0) is 21.0 Å². The van der Waals surface area contributed by atoms with Crippen molar-refractivity contribution >= 4 is 27.3 Å². The Labute approximate surface area is 149 Å². The van der Waals surface area contributed by atoms with E-state index in [-0.39, 0.29) is 10.6 Å². The zero-order chi connectivity index (χ0) is 19.7. The first kappa shape index (κ1) is 19.8. The van der Waals surface area contributed by atoms with E-state index < -0.39 is 33.4 Å². The van der Waals surface area contributed by atoms with Crippen LogP contribution < -0.4 is 10.0 Å². The summed E-state index contributed by atoms with van der Waals surface area (Å²) >= 11 is 0. The van der Waals surface area contributed by atoms with E-state index in [1.807, 2.05) is 4.72 Å². The van der Waals surface area contributed by atoms with Gasteiger partial charge in [0.15, 0.2) is 0 Å². The SMILES string of the molecule is CC(=O)Nc1ccc(NS(=O)(=O)c2ccc(C)cc2C)c(C(F)(F)F)c1. The first-order chi connectivity index (χ1) is 11.9. The van der Waals surface area contributed by atoms with E-state index in [1.165, 1.54) is 12.1 Å². The molecule has 0 saturated carbocycles. The van der Waals surface area contributed by atoms with Crippen molar-refractivity contribution in [3.8, 4) is 0 Å². The summed E-state index contributed by atoms with van der Waals surface area (Å²) in [5.74, 6) is -0.540. The molecule has 0 aliphatic rings. The van der Waals surface area contributed by atoms with Crippen molar-refractivity contribution in [3.05, 3.63) is 53.1 Å². The number of sulfonamides is 1. The molecular weight excluding hydrogens is 369 g/mol. The van der Waals surface area contributed by atoms with Gasteiger partial charge in [-0.3, -0.25) is 9.52 Å². The maximum atomic E-state index is 13.3. The Kier molecular flexibility index (Phi) is 5.31. The van der Waals surface area contributed by atoms with Gasteiger partial charge in [0.1, 0.15) is 0 Å². The Hall–Kier alpha value is -2.55. The van der Waals surface area contributed by atoms with Crippen LogP contribution in [0.2, 0.25) is 0 Å². The average molecular weight is 386 g/mol. The van der Waals surface area contributed by atoms with E-state index in [9.17, 15) is 26.4 Å². The van der Waals surface area contributed by atoms with Crippen LogP contribution in [-0.4, -0.2) is 14.3 Å². The second kappa shape index (κ2) is 6.99. The van der Waals surface area contributed by atoms with Crippen LogP contribution in [0.4, 0.5) is 24.5 Å². The van der Waals surface area contributed by atoms with Crippen molar-refractivity contribution in [3.63, 3.8) is 0 Å². The number of carbonyl (C=O) groups is 1. The fourth-order valence-electron chi connectivity index (χ4n) is 2.45. The molecule has 2 aromatic carbocycles. The molecule has 0 fully saturated rings. The molecule has 9 heteroatoms. The van der Waals surface area contributed by atoms with Gasteiger partial charge in [0.25, 0.3) is 10.0 Å². The summed E-state index contributed by atoms with van der Waals surface area (Å²) in [4.78, 5) is 10.9. The summed E-state index contributed by atoms with van der Waals surface area (Å²) < 4.78 is 67.0. The third-order valence-corrected chi connectivity index (χ3v) is 5.04. The minimum absolute atomic E-state index is 0.0840. The van der Waals surface area contributed by atoms with Crippen LogP contribution in [0.3, 0.4) is 0 Å². The summed E-state index contributed by atoms with van der Waals surface area (Å²) in [5, 5.41) is 2.24. The number of benzene rings is 2. The minimum atomic E-state index is -4.81. The number of hydrogen-bond donors (Lipinski definition) is 2. The van der Waals surface area contributed by atoms with Gasteiger partial charge < -0.3 is 5.32 Å². The van der Waals surface area contributed by atoms with Gasteiger partial charge in [-0.15, -0.1) is 0 Å². The molecule has 0 unspecified atom stereocenters. The normalized spacial score (nSPS) is 11.9. The van der Waals surface area contributed by atoms with Crippen LogP contribution in [0.5, 0.6) is 0 Å². The maximum Gasteiger partial charge on any atom is 0.418 e. The summed E-state index contributed by atoms with van der Waals surface area (Å²) in [5.41, 5.74) is -0.652. The number of carbonyl (C=O) groups excluding carboxylic acids is 1. The Bertz CT molecular complexity index is 954. The van der Waals surface area contributed by atoms with Gasteiger partial charge in [0.05, 0.1) is 16.1 Å². The van der Waals surface area contributed by atoms with Gasteiger partial charge in [0.2, 0.25) is 5.91 Å². The highest BCUT2D eigenvalue weighted by Crippen LogP contribution is 2.37. The molecule has 0 aliphatic heterocycles. The molecule has 140 valence electrons. The lowest BCUT2D eigenvalue weighted by molar-refractivity contribution is -0.136. The number of halogens is 3. The summed E-state index contributed by atoms with van der Waals surface area (Å²) in [6.07, 6.45) is -4.81. The number of anilines is 2. The smallest absolute Gasteiger partial charge is 0.326 e. The van der Waals surface area contributed by atoms with Crippen LogP contribution in [0.15, 0.2) is 41.3 Å². The van der Waals surface area contributed by atoms with Gasteiger partial charge in [0, 0.05) is 12.6 Å². The topological polar surface area (TPSA) is 75.3 Å². The molecule has 0 radical (unpaired) electrons. The van der Waals surface area contributed by atoms with Crippen molar-refractivity contribution in [1.82, 2.24) is 0 Å². The monoisotopic (exact) mass is 386 g/mol. The van der Waals surface area contributed by atoms with E-state index in [0.717, 1.165) is 18.6 Å². The second-order valence-corrected chi connectivity index (χ2v) is 7.46. The van der Waals surface area contributed by atoms with E-state index >= 15 is 0 Å². The molecule has 1 amide bonds. The molecule has 5 nitrogen and oxygen atoms in total. The fraction of sp³-hybridized carbons (Fsp3) is 0.235. The first-order valence-corrected chi connectivity index (χ1v) is 8.97. The second-order valence-electron chi connectivity index (χ2n) is 5.81. The third-order valence-electron chi connectivity index (χ3n) is 3.51. The summed E-state index contributed by atoms with van der Waals surface area (Å²) in [6.45, 7) is 4.50. The van der Waals surface area contributed by atoms with E-state index in [2.05, 4.69) is 5.32 Å². The molecule has 0 aromatic heterocycles. The standard InChI is InChI=1S/C17H17F3N2O3S/c1-10-4-7-16(11(2)8-10)26(24,25)22-15-6-5-13(21-12(3)23)9-14(15)17(18,19)20/h4-9,22H,1-3H3,(H,21,23). The van der Waals surface area contributed by atoms with Gasteiger partial charge in [-0.25, -0.2) is 8.42 Å². The molecule has 0 spiro atoms. The average Bonchev–Trinajstić information content (AvgIpc) is 2.46. The summed E-state index contributed by atoms with van der Waals surface area (Å²) in [6, 6.07) is 7.37. The molecule has 2 N–H and O–H groups in total. The van der Waals surface area contributed by atoms with Crippen molar-refractivity contribution in [2.24, 2.45) is 0 Å². The molecule has 0 saturated heterocycles. The van der Waals surface area contributed by atoms with Crippen molar-refractivity contribution in [1.29, 1.82) is 0 Å². The maximum absolute atomic E-state index is 13.3. The van der Waals surface area contributed by atoms with E-state index in [0.29, 0.717) is 11.6 Å². The molecular formula is C17H17F3N2O3S. The lowest BCUT2D eigenvalue weighted by Gasteiger charge is -2.17. The molecule has 2 aromatic rings. The first-order valence-electron chi connectivity index (χ1n) is 7.49. The van der Waals surface area contributed by atoms with Crippen LogP contribution in [0.1, 0.15) is 23.6 Å². The minimum Gasteiger partial charge on any atom is -0.326 e. The number of rotatable bonds is 4. The molecule has 26 heavy (non-hydrogen) atoms. The van der Waals surface area contributed by atoms with Crippen molar-refractivity contribution in [2.75, 3.05) is 10.0 Å². The van der Waals surface area contributed by atoms with E-state index in [4.69, 9.17) is 0 Å². The Morgan fingerprint density at radius 3 is 2.23 bits per heavy atom. The lowest BCUT2D eigenvalue weighted by Crippen LogP contribution is -2.18. The third kappa shape index (κ3) is 4.54. The predicted molar refractivity (Wildman–Crippen MR) is 92.5 cm³/mol. The lowest BCUT2D eigenvalue weighted by atomic mass is 10.1. The highest BCUT2D eigenvalue weighted by molar-refractivity contribution is 7.92. The van der Waals surface area contributed by atoms with Crippen LogP contribution in [0, 0.1) is 13.8 Å². The Morgan fingerprint density at radius 1 is 1.04 bits per heavy atom. The number of nitrogens with one attached hydrogen (secondary N) is 2. The summed E-state index contributed by atoms with van der Waals surface area (Å²) in [7, 11) is -4.22. The van der Waals surface area contributed by atoms with Crippen molar-refractivity contribution in [2.45, 2.75) is 31.8 Å². The van der Waals surface area contributed by atoms with Gasteiger partial charge in [-0.1, -0.05) is 17.7 Å². The van der Waals surface area contributed by atoms with Crippen LogP contribution >= 0.6 is 0 Å². The molecule has 0 bridgehead atoms. The predicted octanol–water partition coefficient (Wildman–Crippen LogP) is 4.08. The molecule has 0 aliphatic carbocycles. The number of aryl methyl sites for hydroxylation is 2. The number of amides is 1. The quantitative estimate of drug-likeness (QED) is 0.831. The van der Waals surface area contributed by atoms with Crippen LogP contribution in [0.25, 0.3) is 0 Å². The fourth-order valence-corrected chi connectivity index (χ4v) is 3.76. The number of hydrogen-bond acceptors (Lipinski definition) is 3. The molecule has 0 atom stereocenters. The van der Waals surface area contributed by atoms with Gasteiger partial charge >= 0.3 is 6.18 Å². The number of alkyl halides is 3. The van der Waals surface area contributed by atoms with Gasteiger partial charge in [-0.2, -0.15) is 13.2 Å². The largest absolute Gasteiger partial charge is 0.418 e. The molecule has 2 rings (SSSR count). The highest BCUT2D eigenvalue weighted by atomic mass is 32.2. The van der Waals surface area contributed by atoms with Crippen molar-refractivity contribution < 1.29 is 26.4 Å². The zero-order valence-corrected chi connectivity index (χ0v) is 15.0. The van der Waals surface area contributed by atoms with E-state index in [1.54, 1.807) is 26.0 Å². The Morgan fingerprint density at radius 2 is 1.69 bits per heavy atom. The highest BCUT2D eigenvalue weighted by Gasteiger charge is 2.35. The zero-order valence-electron chi connectivity index (χ0n) is 14.2. The van der Waals surface area contributed by atoms with Gasteiger partial charge in [-0.05, 0) is 43.7 Å². The Balaban J connectivity index is 2.49.